The van der Waals surface area contributed by atoms with Crippen molar-refractivity contribution >= 4 is 18.9 Å². The Morgan fingerprint density at radius 3 is 2.92 bits per heavy atom. The lowest BCUT2D eigenvalue weighted by Gasteiger charge is -1.97. The molecule has 1 aromatic rings. The van der Waals surface area contributed by atoms with E-state index >= 15 is 0 Å². The van der Waals surface area contributed by atoms with Gasteiger partial charge >= 0.3 is 0 Å². The Hall–Kier alpha value is -0.850. The first-order chi connectivity index (χ1) is 5.74. The van der Waals surface area contributed by atoms with Gasteiger partial charge in [-0.2, -0.15) is 0 Å². The van der Waals surface area contributed by atoms with Gasteiger partial charge in [0.05, 0.1) is 13.6 Å². The molecule has 0 heterocycles. The molecule has 0 saturated carbocycles. The van der Waals surface area contributed by atoms with Crippen LogP contribution in [0.25, 0.3) is 0 Å². The smallest absolute Gasteiger partial charge is 0.148 e. The summed E-state index contributed by atoms with van der Waals surface area (Å²) in [4.78, 5) is 11.4. The Kier molecular flexibility index (Phi) is 3.27. The summed E-state index contributed by atoms with van der Waals surface area (Å²) in [6.07, 6.45) is 0.783. The Labute approximate surface area is 73.0 Å². The number of benzene rings is 1. The average molecular weight is 182 g/mol. The van der Waals surface area contributed by atoms with Gasteiger partial charge in [0.1, 0.15) is 11.1 Å². The molecule has 1 rings (SSSR count). The van der Waals surface area contributed by atoms with Gasteiger partial charge in [0.2, 0.25) is 0 Å². The van der Waals surface area contributed by atoms with Gasteiger partial charge in [-0.3, -0.25) is 0 Å². The molecule has 0 bridgehead atoms. The third-order valence-electron chi connectivity index (χ3n) is 1.43. The van der Waals surface area contributed by atoms with Gasteiger partial charge in [-0.15, -0.1) is 0 Å². The molecule has 0 fully saturated rings. The zero-order valence-corrected chi connectivity index (χ0v) is 7.79. The van der Waals surface area contributed by atoms with E-state index in [1.807, 2.05) is 6.92 Å². The summed E-state index contributed by atoms with van der Waals surface area (Å²) in [6, 6.07) is 6.55. The number of rotatable bonds is 2. The molecule has 0 aliphatic heterocycles. The summed E-state index contributed by atoms with van der Waals surface area (Å²) in [5, 5.41) is 9.77. The SMILES string of the molecule is CC/C=[P+](\[O-])c1cccc(O)c1. The molecular formula is C9H11O2P. The number of phenols is 1. The largest absolute Gasteiger partial charge is 0.626 e. The molecule has 64 valence electrons. The Morgan fingerprint density at radius 1 is 1.58 bits per heavy atom. The molecule has 1 atom stereocenters. The maximum atomic E-state index is 11.4. The lowest BCUT2D eigenvalue weighted by Crippen LogP contribution is -2.05. The van der Waals surface area contributed by atoms with Gasteiger partial charge in [-0.1, -0.05) is 13.0 Å². The summed E-state index contributed by atoms with van der Waals surface area (Å²) in [6.45, 7) is 1.94. The van der Waals surface area contributed by atoms with E-state index in [1.54, 1.807) is 24.0 Å². The summed E-state index contributed by atoms with van der Waals surface area (Å²) in [5.74, 6) is 1.91. The second-order valence-corrected chi connectivity index (χ2v) is 3.97. The van der Waals surface area contributed by atoms with Crippen LogP contribution in [-0.4, -0.2) is 10.9 Å². The number of hydrogen-bond acceptors (Lipinski definition) is 2. The Morgan fingerprint density at radius 2 is 2.33 bits per heavy atom. The van der Waals surface area contributed by atoms with E-state index in [-0.39, 0.29) is 5.75 Å². The van der Waals surface area contributed by atoms with E-state index in [0.717, 1.165) is 6.42 Å². The Balaban J connectivity index is 2.95. The zero-order valence-electron chi connectivity index (χ0n) is 6.90. The summed E-state index contributed by atoms with van der Waals surface area (Å²) in [7, 11) is -1.43. The van der Waals surface area contributed by atoms with Crippen molar-refractivity contribution < 1.29 is 10.00 Å². The molecule has 0 saturated heterocycles. The van der Waals surface area contributed by atoms with Crippen molar-refractivity contribution in [1.29, 1.82) is 0 Å². The monoisotopic (exact) mass is 182 g/mol. The number of phenolic OH excluding ortho intramolecular Hbond substituents is 1. The number of aromatic hydroxyl groups is 1. The molecule has 0 amide bonds. The standard InChI is InChI=1S/C9H11O2P/c1-2-6-12(11)9-5-3-4-8(10)7-9/h3-7,10H,2H2,1H3. The first-order valence-corrected chi connectivity index (χ1v) is 5.15. The quantitative estimate of drug-likeness (QED) is 0.693. The minimum Gasteiger partial charge on any atom is -0.626 e. The van der Waals surface area contributed by atoms with Gasteiger partial charge < -0.3 is 10.00 Å². The fraction of sp³-hybridized carbons (Fsp3) is 0.222. The summed E-state index contributed by atoms with van der Waals surface area (Å²) >= 11 is 0. The second-order valence-electron chi connectivity index (χ2n) is 2.44. The van der Waals surface area contributed by atoms with E-state index in [2.05, 4.69) is 0 Å². The first kappa shape index (κ1) is 9.24. The fourth-order valence-corrected chi connectivity index (χ4v) is 1.94. The third kappa shape index (κ3) is 2.33. The normalized spacial score (nSPS) is 11.7. The van der Waals surface area contributed by atoms with Gasteiger partial charge in [-0.25, -0.2) is 0 Å². The van der Waals surface area contributed by atoms with Gasteiger partial charge in [-0.05, 0) is 12.1 Å². The van der Waals surface area contributed by atoms with Crippen molar-refractivity contribution in [1.82, 2.24) is 0 Å². The lowest BCUT2D eigenvalue weighted by molar-refractivity contribution is -0.149. The van der Waals surface area contributed by atoms with Crippen LogP contribution in [0.3, 0.4) is 0 Å². The molecule has 1 aromatic carbocycles. The Bertz CT molecular complexity index is 294. The van der Waals surface area contributed by atoms with E-state index in [1.165, 1.54) is 6.07 Å². The van der Waals surface area contributed by atoms with Crippen LogP contribution in [0.1, 0.15) is 13.3 Å². The van der Waals surface area contributed by atoms with Gasteiger partial charge in [0, 0.05) is 12.5 Å². The molecule has 12 heavy (non-hydrogen) atoms. The van der Waals surface area contributed by atoms with E-state index in [0.29, 0.717) is 5.30 Å². The van der Waals surface area contributed by atoms with Crippen molar-refractivity contribution in [3.8, 4) is 5.75 Å². The molecule has 3 heteroatoms. The van der Waals surface area contributed by atoms with E-state index in [9.17, 15) is 4.89 Å². The number of hydrogen-bond donors (Lipinski definition) is 1. The van der Waals surface area contributed by atoms with Crippen LogP contribution >= 0.6 is 7.77 Å². The topological polar surface area (TPSA) is 43.3 Å². The summed E-state index contributed by atoms with van der Waals surface area (Å²) in [5.41, 5.74) is 0. The molecule has 1 N–H and O–H groups in total. The maximum absolute atomic E-state index is 11.4. The van der Waals surface area contributed by atoms with Crippen molar-refractivity contribution in [3.05, 3.63) is 24.3 Å². The van der Waals surface area contributed by atoms with Gasteiger partial charge in [0.15, 0.2) is 0 Å². The van der Waals surface area contributed by atoms with Crippen molar-refractivity contribution in [2.45, 2.75) is 13.3 Å². The highest BCUT2D eigenvalue weighted by molar-refractivity contribution is 7.58. The highest BCUT2D eigenvalue weighted by atomic mass is 31.1. The van der Waals surface area contributed by atoms with Crippen molar-refractivity contribution in [2.75, 3.05) is 0 Å². The zero-order chi connectivity index (χ0) is 8.97. The summed E-state index contributed by atoms with van der Waals surface area (Å²) < 4.78 is 0. The maximum Gasteiger partial charge on any atom is 0.148 e. The van der Waals surface area contributed by atoms with Crippen LogP contribution < -0.4 is 10.2 Å². The molecule has 0 aliphatic carbocycles. The van der Waals surface area contributed by atoms with Crippen LogP contribution in [-0.2, 0) is 0 Å². The highest BCUT2D eigenvalue weighted by Gasteiger charge is 2.01. The van der Waals surface area contributed by atoms with Crippen LogP contribution in [0.5, 0.6) is 5.75 Å². The molecule has 1 unspecified atom stereocenters. The second kappa shape index (κ2) is 4.24. The van der Waals surface area contributed by atoms with Crippen LogP contribution in [0.15, 0.2) is 24.3 Å². The highest BCUT2D eigenvalue weighted by Crippen LogP contribution is 2.14. The van der Waals surface area contributed by atoms with Crippen molar-refractivity contribution in [2.24, 2.45) is 0 Å². The fourth-order valence-electron chi connectivity index (χ4n) is 0.901. The van der Waals surface area contributed by atoms with Gasteiger partial charge in [0.25, 0.3) is 0 Å². The lowest BCUT2D eigenvalue weighted by atomic mass is 10.3. The predicted molar refractivity (Wildman–Crippen MR) is 51.0 cm³/mol. The third-order valence-corrected chi connectivity index (χ3v) is 2.92. The van der Waals surface area contributed by atoms with Crippen LogP contribution in [0.2, 0.25) is 0 Å². The average Bonchev–Trinajstić information content (AvgIpc) is 2.05. The molecule has 0 aromatic heterocycles. The molecule has 0 spiro atoms. The molecule has 2 nitrogen and oxygen atoms in total. The molecular weight excluding hydrogens is 171 g/mol. The first-order valence-electron chi connectivity index (χ1n) is 3.82. The molecule has 0 radical (unpaired) electrons. The van der Waals surface area contributed by atoms with E-state index in [4.69, 9.17) is 5.11 Å². The molecule has 0 aliphatic rings. The minimum absolute atomic E-state index is 0.167. The van der Waals surface area contributed by atoms with Crippen LogP contribution in [0, 0.1) is 0 Å². The van der Waals surface area contributed by atoms with Crippen molar-refractivity contribution in [3.63, 3.8) is 0 Å². The minimum atomic E-state index is -1.43. The predicted octanol–water partition coefficient (Wildman–Crippen LogP) is 0.987. The van der Waals surface area contributed by atoms with Crippen LogP contribution in [0.4, 0.5) is 0 Å². The van der Waals surface area contributed by atoms with E-state index < -0.39 is 7.77 Å².